The number of benzene rings is 1. The van der Waals surface area contributed by atoms with Gasteiger partial charge in [-0.2, -0.15) is 0 Å². The Morgan fingerprint density at radius 2 is 1.97 bits per heavy atom. The number of nitrogens with one attached hydrogen (secondary N) is 2. The van der Waals surface area contributed by atoms with Crippen molar-refractivity contribution in [1.82, 2.24) is 20.5 Å². The van der Waals surface area contributed by atoms with Gasteiger partial charge in [0.15, 0.2) is 0 Å². The Labute approximate surface area is 210 Å². The van der Waals surface area contributed by atoms with Crippen LogP contribution in [0.4, 0.5) is 8.78 Å². The molecule has 1 aliphatic carbocycles. The number of ether oxygens (including phenoxy) is 1. The van der Waals surface area contributed by atoms with Crippen LogP contribution >= 0.6 is 11.3 Å². The molecule has 0 radical (unpaired) electrons. The SMILES string of the molecule is O=C(NCc1cscn1)C(=O)[C@@H](Cc1ccccc1)NC(=O)[C@H]1COCCN1C(=O)CC1CC1(F)F. The van der Waals surface area contributed by atoms with Gasteiger partial charge < -0.3 is 20.3 Å². The van der Waals surface area contributed by atoms with E-state index < -0.39 is 47.4 Å². The molecule has 2 heterocycles. The summed E-state index contributed by atoms with van der Waals surface area (Å²) in [5.41, 5.74) is 2.91. The van der Waals surface area contributed by atoms with E-state index in [2.05, 4.69) is 15.6 Å². The van der Waals surface area contributed by atoms with Crippen molar-refractivity contribution in [3.63, 3.8) is 0 Å². The van der Waals surface area contributed by atoms with Crippen molar-refractivity contribution in [2.24, 2.45) is 5.92 Å². The van der Waals surface area contributed by atoms with Gasteiger partial charge >= 0.3 is 0 Å². The fourth-order valence-corrected chi connectivity index (χ4v) is 4.56. The monoisotopic (exact) mass is 520 g/mol. The van der Waals surface area contributed by atoms with Crippen LogP contribution in [0.25, 0.3) is 0 Å². The van der Waals surface area contributed by atoms with Crippen molar-refractivity contribution in [1.29, 1.82) is 0 Å². The normalized spacial score (nSPS) is 21.3. The number of Topliss-reactive ketones (excluding diaryl/α,β-unsaturated/α-hetero) is 1. The maximum Gasteiger partial charge on any atom is 0.289 e. The molecule has 12 heteroatoms. The lowest BCUT2D eigenvalue weighted by Crippen LogP contribution is -2.59. The minimum Gasteiger partial charge on any atom is -0.377 e. The number of carbonyl (C=O) groups excluding carboxylic acids is 4. The van der Waals surface area contributed by atoms with Crippen LogP contribution in [0, 0.1) is 5.92 Å². The number of alkyl halides is 2. The van der Waals surface area contributed by atoms with Gasteiger partial charge in [-0.1, -0.05) is 30.3 Å². The third-order valence-corrected chi connectivity index (χ3v) is 6.82. The smallest absolute Gasteiger partial charge is 0.289 e. The molecule has 192 valence electrons. The molecule has 2 N–H and O–H groups in total. The van der Waals surface area contributed by atoms with E-state index in [0.717, 1.165) is 0 Å². The molecular weight excluding hydrogens is 494 g/mol. The molecule has 9 nitrogen and oxygen atoms in total. The van der Waals surface area contributed by atoms with E-state index in [1.807, 2.05) is 0 Å². The van der Waals surface area contributed by atoms with Crippen LogP contribution in [-0.4, -0.2) is 71.2 Å². The van der Waals surface area contributed by atoms with E-state index >= 15 is 0 Å². The molecule has 1 aromatic heterocycles. The number of hydrogen-bond donors (Lipinski definition) is 2. The van der Waals surface area contributed by atoms with Crippen molar-refractivity contribution in [3.8, 4) is 0 Å². The Bertz CT molecular complexity index is 1100. The molecule has 0 bridgehead atoms. The topological polar surface area (TPSA) is 118 Å². The van der Waals surface area contributed by atoms with E-state index in [0.29, 0.717) is 11.3 Å². The number of halogens is 2. The lowest BCUT2D eigenvalue weighted by molar-refractivity contribution is -0.150. The van der Waals surface area contributed by atoms with Gasteiger partial charge in [0.2, 0.25) is 17.6 Å². The maximum atomic E-state index is 13.3. The van der Waals surface area contributed by atoms with Crippen molar-refractivity contribution in [2.45, 2.75) is 43.8 Å². The summed E-state index contributed by atoms with van der Waals surface area (Å²) in [5, 5.41) is 6.84. The van der Waals surface area contributed by atoms with Crippen molar-refractivity contribution >= 4 is 34.8 Å². The number of amides is 3. The Morgan fingerprint density at radius 3 is 2.64 bits per heavy atom. The van der Waals surface area contributed by atoms with Crippen LogP contribution in [0.2, 0.25) is 0 Å². The van der Waals surface area contributed by atoms with Crippen LogP contribution in [0.3, 0.4) is 0 Å². The third-order valence-electron chi connectivity index (χ3n) is 6.18. The molecule has 1 unspecified atom stereocenters. The first-order chi connectivity index (χ1) is 17.2. The van der Waals surface area contributed by atoms with Crippen LogP contribution < -0.4 is 10.6 Å². The van der Waals surface area contributed by atoms with Gasteiger partial charge in [-0.3, -0.25) is 19.2 Å². The number of morpholine rings is 1. The number of carbonyl (C=O) groups is 4. The van der Waals surface area contributed by atoms with E-state index in [1.165, 1.54) is 16.2 Å². The Balaban J connectivity index is 1.44. The average Bonchev–Trinajstić information content (AvgIpc) is 3.23. The zero-order chi connectivity index (χ0) is 25.7. The van der Waals surface area contributed by atoms with E-state index in [1.54, 1.807) is 41.2 Å². The Morgan fingerprint density at radius 1 is 1.22 bits per heavy atom. The molecule has 2 aromatic rings. The van der Waals surface area contributed by atoms with Crippen molar-refractivity contribution in [2.75, 3.05) is 19.8 Å². The van der Waals surface area contributed by atoms with Gasteiger partial charge in [0, 0.05) is 37.1 Å². The third kappa shape index (κ3) is 6.49. The molecule has 0 spiro atoms. The molecule has 1 aromatic carbocycles. The van der Waals surface area contributed by atoms with E-state index in [9.17, 15) is 28.0 Å². The first-order valence-corrected chi connectivity index (χ1v) is 12.5. The molecule has 3 atom stereocenters. The molecule has 2 aliphatic rings. The highest BCUT2D eigenvalue weighted by molar-refractivity contribution is 7.07. The first kappa shape index (κ1) is 25.8. The summed E-state index contributed by atoms with van der Waals surface area (Å²) in [7, 11) is 0. The summed E-state index contributed by atoms with van der Waals surface area (Å²) in [6, 6.07) is 6.55. The van der Waals surface area contributed by atoms with Crippen LogP contribution in [0.1, 0.15) is 24.1 Å². The second-order valence-electron chi connectivity index (χ2n) is 8.82. The van der Waals surface area contributed by atoms with E-state index in [-0.39, 0.29) is 45.6 Å². The molecule has 1 aliphatic heterocycles. The summed E-state index contributed by atoms with van der Waals surface area (Å²) in [6.07, 6.45) is -0.656. The van der Waals surface area contributed by atoms with Gasteiger partial charge in [0.25, 0.3) is 11.8 Å². The largest absolute Gasteiger partial charge is 0.377 e. The number of thiazole rings is 1. The minimum atomic E-state index is -2.85. The summed E-state index contributed by atoms with van der Waals surface area (Å²) in [6.45, 7) is 0.161. The molecular formula is C24H26F2N4O5S. The lowest BCUT2D eigenvalue weighted by atomic mass is 10.0. The fraction of sp³-hybridized carbons (Fsp3) is 0.458. The predicted octanol–water partition coefficient (Wildman–Crippen LogP) is 1.33. The van der Waals surface area contributed by atoms with Crippen LogP contribution in [0.5, 0.6) is 0 Å². The lowest BCUT2D eigenvalue weighted by Gasteiger charge is -2.35. The number of rotatable bonds is 10. The summed E-state index contributed by atoms with van der Waals surface area (Å²) >= 11 is 1.35. The number of aromatic nitrogens is 1. The second-order valence-corrected chi connectivity index (χ2v) is 9.54. The van der Waals surface area contributed by atoms with Crippen molar-refractivity contribution in [3.05, 3.63) is 52.5 Å². The predicted molar refractivity (Wildman–Crippen MR) is 125 cm³/mol. The highest BCUT2D eigenvalue weighted by Gasteiger charge is 2.57. The highest BCUT2D eigenvalue weighted by Crippen LogP contribution is 2.50. The van der Waals surface area contributed by atoms with Gasteiger partial charge in [-0.05, 0) is 5.56 Å². The Kier molecular flexibility index (Phi) is 8.04. The zero-order valence-electron chi connectivity index (χ0n) is 19.3. The van der Waals surface area contributed by atoms with Crippen LogP contribution in [0.15, 0.2) is 41.2 Å². The summed E-state index contributed by atoms with van der Waals surface area (Å²) in [4.78, 5) is 56.8. The van der Waals surface area contributed by atoms with Crippen LogP contribution in [-0.2, 0) is 36.9 Å². The number of hydrogen-bond acceptors (Lipinski definition) is 7. The number of ketones is 1. The molecule has 36 heavy (non-hydrogen) atoms. The highest BCUT2D eigenvalue weighted by atomic mass is 32.1. The van der Waals surface area contributed by atoms with Crippen molar-refractivity contribution < 1.29 is 32.7 Å². The quantitative estimate of drug-likeness (QED) is 0.457. The van der Waals surface area contributed by atoms with Gasteiger partial charge in [-0.25, -0.2) is 13.8 Å². The summed E-state index contributed by atoms with van der Waals surface area (Å²) < 4.78 is 32.0. The van der Waals surface area contributed by atoms with Gasteiger partial charge in [-0.15, -0.1) is 11.3 Å². The molecule has 4 rings (SSSR count). The molecule has 3 amide bonds. The average molecular weight is 521 g/mol. The molecule has 2 fully saturated rings. The standard InChI is InChI=1S/C24H26F2N4O5S/c25-24(26)10-16(24)9-20(31)30-6-7-35-12-19(30)22(33)29-18(8-15-4-2-1-3-5-15)21(32)23(34)27-11-17-13-36-14-28-17/h1-5,13-14,16,18-19H,6-12H2,(H,27,34)(H,29,33)/t16?,18-,19-/m1/s1. The first-order valence-electron chi connectivity index (χ1n) is 11.5. The van der Waals surface area contributed by atoms with Gasteiger partial charge in [0.1, 0.15) is 12.1 Å². The van der Waals surface area contributed by atoms with Gasteiger partial charge in [0.05, 0.1) is 31.0 Å². The second kappa shape index (κ2) is 11.2. The minimum absolute atomic E-state index is 0.0470. The fourth-order valence-electron chi connectivity index (χ4n) is 4.01. The molecule has 1 saturated heterocycles. The Hall–Kier alpha value is -3.25. The number of nitrogens with zero attached hydrogens (tertiary/aromatic N) is 2. The van der Waals surface area contributed by atoms with E-state index in [4.69, 9.17) is 4.74 Å². The molecule has 1 saturated carbocycles. The maximum absolute atomic E-state index is 13.3. The summed E-state index contributed by atoms with van der Waals surface area (Å²) in [5.74, 6) is -6.86. The zero-order valence-corrected chi connectivity index (χ0v) is 20.1.